The van der Waals surface area contributed by atoms with E-state index in [0.717, 1.165) is 5.56 Å². The molecule has 1 aromatic heterocycles. The number of aliphatic carboxylic acids is 1. The van der Waals surface area contributed by atoms with Crippen LogP contribution in [0.3, 0.4) is 0 Å². The maximum absolute atomic E-state index is 10.8. The molecule has 4 heteroatoms. The van der Waals surface area contributed by atoms with Gasteiger partial charge < -0.3 is 15.3 Å². The minimum Gasteiger partial charge on any atom is -0.480 e. The molecule has 78 valence electrons. The van der Waals surface area contributed by atoms with E-state index in [1.165, 1.54) is 0 Å². The van der Waals surface area contributed by atoms with Gasteiger partial charge in [-0.1, -0.05) is 13.8 Å². The highest BCUT2D eigenvalue weighted by atomic mass is 16.4. The molecule has 0 aromatic carbocycles. The second-order valence-electron chi connectivity index (χ2n) is 3.97. The first-order valence-electron chi connectivity index (χ1n) is 4.40. The summed E-state index contributed by atoms with van der Waals surface area (Å²) in [6.45, 7) is 5.39. The molecule has 1 unspecified atom stereocenters. The van der Waals surface area contributed by atoms with Gasteiger partial charge in [-0.2, -0.15) is 0 Å². The highest BCUT2D eigenvalue weighted by Crippen LogP contribution is 2.29. The SMILES string of the molecule is Cc1ccoc1C(C)(C)C(N)C(=O)O. The number of furan rings is 1. The summed E-state index contributed by atoms with van der Waals surface area (Å²) in [5.41, 5.74) is 5.82. The molecule has 0 radical (unpaired) electrons. The fourth-order valence-electron chi connectivity index (χ4n) is 1.48. The maximum atomic E-state index is 10.8. The van der Waals surface area contributed by atoms with Gasteiger partial charge in [0.1, 0.15) is 11.8 Å². The van der Waals surface area contributed by atoms with Crippen molar-refractivity contribution in [3.8, 4) is 0 Å². The van der Waals surface area contributed by atoms with Crippen molar-refractivity contribution in [2.75, 3.05) is 0 Å². The standard InChI is InChI=1S/C10H15NO3/c1-6-4-5-14-8(6)10(2,3)7(11)9(12)13/h4-5,7H,11H2,1-3H3,(H,12,13). The smallest absolute Gasteiger partial charge is 0.321 e. The highest BCUT2D eigenvalue weighted by Gasteiger charge is 2.37. The van der Waals surface area contributed by atoms with Crippen molar-refractivity contribution >= 4 is 5.97 Å². The summed E-state index contributed by atoms with van der Waals surface area (Å²) in [5, 5.41) is 8.84. The number of aryl methyl sites for hydroxylation is 1. The topological polar surface area (TPSA) is 76.5 Å². The van der Waals surface area contributed by atoms with Gasteiger partial charge in [-0.05, 0) is 18.6 Å². The molecule has 0 aliphatic rings. The van der Waals surface area contributed by atoms with Crippen molar-refractivity contribution < 1.29 is 14.3 Å². The third-order valence-corrected chi connectivity index (χ3v) is 2.49. The summed E-state index contributed by atoms with van der Waals surface area (Å²) in [7, 11) is 0. The Labute approximate surface area is 82.7 Å². The second-order valence-corrected chi connectivity index (χ2v) is 3.97. The molecule has 1 aromatic rings. The van der Waals surface area contributed by atoms with Crippen molar-refractivity contribution in [2.45, 2.75) is 32.2 Å². The van der Waals surface area contributed by atoms with Crippen LogP contribution in [0.2, 0.25) is 0 Å². The number of carboxylic acids is 1. The minimum atomic E-state index is -1.02. The predicted octanol–water partition coefficient (Wildman–Crippen LogP) is 1.28. The van der Waals surface area contributed by atoms with E-state index < -0.39 is 17.4 Å². The Hall–Kier alpha value is -1.29. The van der Waals surface area contributed by atoms with Gasteiger partial charge in [0, 0.05) is 5.41 Å². The summed E-state index contributed by atoms with van der Waals surface area (Å²) in [5.74, 6) is -0.391. The normalized spacial score (nSPS) is 14.0. The van der Waals surface area contributed by atoms with E-state index in [2.05, 4.69) is 0 Å². The second kappa shape index (κ2) is 3.46. The molecule has 1 atom stereocenters. The average Bonchev–Trinajstić information content (AvgIpc) is 2.50. The fourth-order valence-corrected chi connectivity index (χ4v) is 1.48. The van der Waals surface area contributed by atoms with E-state index in [9.17, 15) is 4.79 Å². The zero-order valence-electron chi connectivity index (χ0n) is 8.57. The van der Waals surface area contributed by atoms with Gasteiger partial charge in [-0.3, -0.25) is 4.79 Å². The van der Waals surface area contributed by atoms with E-state index in [4.69, 9.17) is 15.3 Å². The third kappa shape index (κ3) is 1.65. The number of carboxylic acid groups (broad SMARTS) is 1. The van der Waals surface area contributed by atoms with E-state index >= 15 is 0 Å². The van der Waals surface area contributed by atoms with Crippen LogP contribution in [0.5, 0.6) is 0 Å². The monoisotopic (exact) mass is 197 g/mol. The minimum absolute atomic E-state index is 0.632. The summed E-state index contributed by atoms with van der Waals surface area (Å²) in [4.78, 5) is 10.8. The average molecular weight is 197 g/mol. The Kier molecular flexibility index (Phi) is 2.66. The zero-order chi connectivity index (χ0) is 10.9. The van der Waals surface area contributed by atoms with Crippen LogP contribution < -0.4 is 5.73 Å². The van der Waals surface area contributed by atoms with Crippen molar-refractivity contribution in [1.29, 1.82) is 0 Å². The molecule has 1 rings (SSSR count). The molecule has 0 spiro atoms. The van der Waals surface area contributed by atoms with Crippen LogP contribution >= 0.6 is 0 Å². The predicted molar refractivity (Wildman–Crippen MR) is 52.1 cm³/mol. The first-order chi connectivity index (χ1) is 6.37. The lowest BCUT2D eigenvalue weighted by Gasteiger charge is -2.27. The summed E-state index contributed by atoms with van der Waals surface area (Å²) in [6.07, 6.45) is 1.54. The molecule has 0 saturated carbocycles. The summed E-state index contributed by atoms with van der Waals surface area (Å²) < 4.78 is 5.26. The number of nitrogens with two attached hydrogens (primary N) is 1. The van der Waals surface area contributed by atoms with Gasteiger partial charge >= 0.3 is 5.97 Å². The van der Waals surface area contributed by atoms with Crippen LogP contribution in [0.25, 0.3) is 0 Å². The van der Waals surface area contributed by atoms with Crippen LogP contribution in [0, 0.1) is 6.92 Å². The van der Waals surface area contributed by atoms with Crippen LogP contribution in [-0.2, 0) is 10.2 Å². The maximum Gasteiger partial charge on any atom is 0.321 e. The van der Waals surface area contributed by atoms with Gasteiger partial charge in [0.05, 0.1) is 6.26 Å². The third-order valence-electron chi connectivity index (χ3n) is 2.49. The van der Waals surface area contributed by atoms with Crippen molar-refractivity contribution in [1.82, 2.24) is 0 Å². The molecular weight excluding hydrogens is 182 g/mol. The molecule has 0 fully saturated rings. The molecule has 0 saturated heterocycles. The van der Waals surface area contributed by atoms with Crippen LogP contribution in [0.4, 0.5) is 0 Å². The number of hydrogen-bond acceptors (Lipinski definition) is 3. The molecule has 4 nitrogen and oxygen atoms in total. The fraction of sp³-hybridized carbons (Fsp3) is 0.500. The lowest BCUT2D eigenvalue weighted by Crippen LogP contribution is -2.46. The molecule has 0 amide bonds. The zero-order valence-corrected chi connectivity index (χ0v) is 8.57. The molecule has 0 bridgehead atoms. The van der Waals surface area contributed by atoms with Gasteiger partial charge in [-0.15, -0.1) is 0 Å². The Morgan fingerprint density at radius 1 is 1.64 bits per heavy atom. The van der Waals surface area contributed by atoms with Crippen molar-refractivity contribution in [3.05, 3.63) is 23.7 Å². The Morgan fingerprint density at radius 2 is 2.21 bits per heavy atom. The number of carbonyl (C=O) groups is 1. The van der Waals surface area contributed by atoms with Crippen LogP contribution in [0.1, 0.15) is 25.2 Å². The first kappa shape index (κ1) is 10.8. The Balaban J connectivity index is 3.07. The molecule has 1 heterocycles. The van der Waals surface area contributed by atoms with E-state index in [0.29, 0.717) is 5.76 Å². The van der Waals surface area contributed by atoms with E-state index in [1.807, 2.05) is 6.92 Å². The largest absolute Gasteiger partial charge is 0.480 e. The Bertz CT molecular complexity index is 341. The van der Waals surface area contributed by atoms with Crippen molar-refractivity contribution in [3.63, 3.8) is 0 Å². The quantitative estimate of drug-likeness (QED) is 0.765. The Morgan fingerprint density at radius 3 is 2.57 bits per heavy atom. The van der Waals surface area contributed by atoms with Crippen molar-refractivity contribution in [2.24, 2.45) is 5.73 Å². The van der Waals surface area contributed by atoms with Gasteiger partial charge in [0.15, 0.2) is 0 Å². The van der Waals surface area contributed by atoms with Crippen LogP contribution in [-0.4, -0.2) is 17.1 Å². The highest BCUT2D eigenvalue weighted by molar-refractivity contribution is 5.75. The number of rotatable bonds is 3. The lowest BCUT2D eigenvalue weighted by atomic mass is 9.81. The molecule has 0 aliphatic carbocycles. The van der Waals surface area contributed by atoms with Gasteiger partial charge in [0.2, 0.25) is 0 Å². The van der Waals surface area contributed by atoms with Gasteiger partial charge in [-0.25, -0.2) is 0 Å². The summed E-state index contributed by atoms with van der Waals surface area (Å²) >= 11 is 0. The number of hydrogen-bond donors (Lipinski definition) is 2. The molecule has 3 N–H and O–H groups in total. The molecule has 0 aliphatic heterocycles. The summed E-state index contributed by atoms with van der Waals surface area (Å²) in [6, 6.07) is 0.832. The van der Waals surface area contributed by atoms with E-state index in [-0.39, 0.29) is 0 Å². The van der Waals surface area contributed by atoms with Crippen LogP contribution in [0.15, 0.2) is 16.7 Å². The molecule has 14 heavy (non-hydrogen) atoms. The first-order valence-corrected chi connectivity index (χ1v) is 4.40. The van der Waals surface area contributed by atoms with E-state index in [1.54, 1.807) is 26.2 Å². The lowest BCUT2D eigenvalue weighted by molar-refractivity contribution is -0.140. The van der Waals surface area contributed by atoms with Gasteiger partial charge in [0.25, 0.3) is 0 Å². The molecular formula is C10H15NO3.